The molecular formula is C18H17N5O5. The lowest BCUT2D eigenvalue weighted by atomic mass is 10.2. The van der Waals surface area contributed by atoms with Crippen LogP contribution in [0.15, 0.2) is 40.0 Å². The van der Waals surface area contributed by atoms with Crippen molar-refractivity contribution < 1.29 is 18.8 Å². The predicted molar refractivity (Wildman–Crippen MR) is 95.6 cm³/mol. The van der Waals surface area contributed by atoms with Gasteiger partial charge < -0.3 is 19.3 Å². The molecule has 10 heteroatoms. The minimum atomic E-state index is -0.345. The summed E-state index contributed by atoms with van der Waals surface area (Å²) < 4.78 is 16.9. The second-order valence-corrected chi connectivity index (χ2v) is 6.17. The molecule has 144 valence electrons. The highest BCUT2D eigenvalue weighted by Gasteiger charge is 2.15. The Morgan fingerprint density at radius 1 is 1.29 bits per heavy atom. The molecule has 28 heavy (non-hydrogen) atoms. The van der Waals surface area contributed by atoms with E-state index < -0.39 is 0 Å². The van der Waals surface area contributed by atoms with Gasteiger partial charge in [0.15, 0.2) is 17.3 Å². The zero-order valence-electron chi connectivity index (χ0n) is 15.0. The third kappa shape index (κ3) is 3.70. The maximum Gasteiger partial charge on any atom is 0.266 e. The molecule has 0 unspecified atom stereocenters. The van der Waals surface area contributed by atoms with Crippen LogP contribution >= 0.6 is 0 Å². The lowest BCUT2D eigenvalue weighted by Gasteiger charge is -2.08. The van der Waals surface area contributed by atoms with E-state index in [0.717, 1.165) is 5.56 Å². The number of amides is 1. The Morgan fingerprint density at radius 3 is 2.96 bits per heavy atom. The highest BCUT2D eigenvalue weighted by atomic mass is 16.7. The van der Waals surface area contributed by atoms with Gasteiger partial charge in [0.1, 0.15) is 5.56 Å². The Balaban J connectivity index is 1.35. The maximum atomic E-state index is 12.5. The first-order valence-corrected chi connectivity index (χ1v) is 8.60. The van der Waals surface area contributed by atoms with E-state index in [1.54, 1.807) is 13.0 Å². The smallest absolute Gasteiger partial charge is 0.266 e. The van der Waals surface area contributed by atoms with Gasteiger partial charge in [-0.05, 0) is 24.6 Å². The van der Waals surface area contributed by atoms with Gasteiger partial charge in [0.05, 0.1) is 6.33 Å². The van der Waals surface area contributed by atoms with E-state index in [-0.39, 0.29) is 42.7 Å². The van der Waals surface area contributed by atoms with Gasteiger partial charge in [0.2, 0.25) is 12.7 Å². The Bertz CT molecular complexity index is 1070. The van der Waals surface area contributed by atoms with Gasteiger partial charge in [-0.3, -0.25) is 14.2 Å². The van der Waals surface area contributed by atoms with Gasteiger partial charge in [-0.1, -0.05) is 11.2 Å². The van der Waals surface area contributed by atoms with Gasteiger partial charge in [-0.25, -0.2) is 4.98 Å². The zero-order valence-corrected chi connectivity index (χ0v) is 15.0. The summed E-state index contributed by atoms with van der Waals surface area (Å²) in [6.45, 7) is 2.40. The van der Waals surface area contributed by atoms with E-state index in [1.165, 1.54) is 17.1 Å². The van der Waals surface area contributed by atoms with Crippen molar-refractivity contribution >= 4 is 5.91 Å². The fraction of sp³-hybridized carbons (Fsp3) is 0.278. The largest absolute Gasteiger partial charge is 0.454 e. The Labute approximate surface area is 159 Å². The van der Waals surface area contributed by atoms with Crippen molar-refractivity contribution in [3.8, 4) is 23.0 Å². The van der Waals surface area contributed by atoms with Gasteiger partial charge in [0.25, 0.3) is 11.4 Å². The van der Waals surface area contributed by atoms with Crippen LogP contribution in [0.4, 0.5) is 0 Å². The van der Waals surface area contributed by atoms with Crippen LogP contribution in [0.1, 0.15) is 17.8 Å². The molecule has 1 N–H and O–H groups in total. The van der Waals surface area contributed by atoms with Crippen LogP contribution in [0.25, 0.3) is 11.5 Å². The first kappa shape index (κ1) is 17.7. The van der Waals surface area contributed by atoms with Crippen molar-refractivity contribution in [1.29, 1.82) is 0 Å². The Hall–Kier alpha value is -3.69. The van der Waals surface area contributed by atoms with E-state index in [4.69, 9.17) is 14.0 Å². The number of nitrogens with zero attached hydrogens (tertiary/aromatic N) is 4. The maximum absolute atomic E-state index is 12.5. The molecule has 2 aromatic heterocycles. The average Bonchev–Trinajstić information content (AvgIpc) is 3.34. The number of ether oxygens (including phenoxy) is 2. The first-order valence-electron chi connectivity index (χ1n) is 8.60. The summed E-state index contributed by atoms with van der Waals surface area (Å²) in [5.74, 6) is 1.70. The van der Waals surface area contributed by atoms with Crippen molar-refractivity contribution in [2.45, 2.75) is 26.4 Å². The number of aromatic nitrogens is 4. The Kier molecular flexibility index (Phi) is 4.75. The minimum Gasteiger partial charge on any atom is -0.454 e. The average molecular weight is 383 g/mol. The van der Waals surface area contributed by atoms with Crippen molar-refractivity contribution in [3.05, 3.63) is 52.5 Å². The lowest BCUT2D eigenvalue weighted by Crippen LogP contribution is -2.27. The van der Waals surface area contributed by atoms with Gasteiger partial charge in [-0.2, -0.15) is 4.98 Å². The first-order chi connectivity index (χ1) is 13.6. The Morgan fingerprint density at radius 2 is 2.14 bits per heavy atom. The highest BCUT2D eigenvalue weighted by molar-refractivity contribution is 5.75. The number of rotatable bonds is 6. The topological polar surface area (TPSA) is 121 Å². The summed E-state index contributed by atoms with van der Waals surface area (Å²) >= 11 is 0. The van der Waals surface area contributed by atoms with Gasteiger partial charge in [0, 0.05) is 25.7 Å². The molecule has 1 aliphatic heterocycles. The number of nitrogens with one attached hydrogen (secondary N) is 1. The standard InChI is InChI=1S/C18H17N5O5/c1-11-21-17(28-22-11)13-8-19-9-23(18(13)25)5-4-16(24)20-7-12-2-3-14-15(6-12)27-10-26-14/h2-3,6,8-9H,4-5,7,10H2,1H3,(H,20,24). The van der Waals surface area contributed by atoms with Crippen molar-refractivity contribution in [2.75, 3.05) is 6.79 Å². The second kappa shape index (κ2) is 7.51. The van der Waals surface area contributed by atoms with E-state index in [0.29, 0.717) is 23.9 Å². The summed E-state index contributed by atoms with van der Waals surface area (Å²) in [6.07, 6.45) is 2.87. The summed E-state index contributed by atoms with van der Waals surface area (Å²) in [7, 11) is 0. The summed E-state index contributed by atoms with van der Waals surface area (Å²) in [6, 6.07) is 5.49. The molecule has 1 aliphatic rings. The molecule has 0 atom stereocenters. The van der Waals surface area contributed by atoms with Gasteiger partial charge in [-0.15, -0.1) is 0 Å². The van der Waals surface area contributed by atoms with Crippen LogP contribution in [0.2, 0.25) is 0 Å². The monoisotopic (exact) mass is 383 g/mol. The van der Waals surface area contributed by atoms with Crippen molar-refractivity contribution in [3.63, 3.8) is 0 Å². The molecule has 3 aromatic rings. The number of carbonyl (C=O) groups excluding carboxylic acids is 1. The number of fused-ring (bicyclic) bond motifs is 1. The molecule has 0 fully saturated rings. The van der Waals surface area contributed by atoms with Crippen LogP contribution in [0.5, 0.6) is 11.5 Å². The summed E-state index contributed by atoms with van der Waals surface area (Å²) in [4.78, 5) is 32.7. The molecule has 1 aromatic carbocycles. The van der Waals surface area contributed by atoms with Crippen LogP contribution < -0.4 is 20.3 Å². The molecular weight excluding hydrogens is 366 g/mol. The zero-order chi connectivity index (χ0) is 19.5. The predicted octanol–water partition coefficient (Wildman–Crippen LogP) is 1.04. The number of hydrogen-bond donors (Lipinski definition) is 1. The quantitative estimate of drug-likeness (QED) is 0.670. The molecule has 0 bridgehead atoms. The molecule has 3 heterocycles. The van der Waals surface area contributed by atoms with E-state index in [1.807, 2.05) is 12.1 Å². The highest BCUT2D eigenvalue weighted by Crippen LogP contribution is 2.32. The van der Waals surface area contributed by atoms with Gasteiger partial charge >= 0.3 is 0 Å². The van der Waals surface area contributed by atoms with E-state index >= 15 is 0 Å². The fourth-order valence-electron chi connectivity index (χ4n) is 2.73. The number of aryl methyl sites for hydroxylation is 2. The number of hydrogen-bond acceptors (Lipinski definition) is 8. The third-order valence-corrected chi connectivity index (χ3v) is 4.17. The van der Waals surface area contributed by atoms with Crippen LogP contribution in [0.3, 0.4) is 0 Å². The normalized spacial score (nSPS) is 12.2. The molecule has 1 amide bonds. The molecule has 0 saturated carbocycles. The number of carbonyl (C=O) groups is 1. The van der Waals surface area contributed by atoms with Crippen molar-refractivity contribution in [1.82, 2.24) is 25.0 Å². The molecule has 0 aliphatic carbocycles. The second-order valence-electron chi connectivity index (χ2n) is 6.17. The van der Waals surface area contributed by atoms with Crippen molar-refractivity contribution in [2.24, 2.45) is 0 Å². The van der Waals surface area contributed by atoms with Crippen LogP contribution in [-0.2, 0) is 17.9 Å². The van der Waals surface area contributed by atoms with E-state index in [9.17, 15) is 9.59 Å². The molecule has 0 radical (unpaired) electrons. The minimum absolute atomic E-state index is 0.108. The summed E-state index contributed by atoms with van der Waals surface area (Å²) in [5.41, 5.74) is 0.747. The van der Waals surface area contributed by atoms with Crippen LogP contribution in [-0.4, -0.2) is 32.4 Å². The lowest BCUT2D eigenvalue weighted by molar-refractivity contribution is -0.121. The summed E-state index contributed by atoms with van der Waals surface area (Å²) in [5, 5.41) is 6.49. The van der Waals surface area contributed by atoms with Crippen LogP contribution in [0, 0.1) is 6.92 Å². The number of benzene rings is 1. The third-order valence-electron chi connectivity index (χ3n) is 4.17. The molecule has 0 saturated heterocycles. The molecule has 0 spiro atoms. The molecule has 10 nitrogen and oxygen atoms in total. The fourth-order valence-corrected chi connectivity index (χ4v) is 2.73. The van der Waals surface area contributed by atoms with E-state index in [2.05, 4.69) is 20.4 Å². The molecule has 4 rings (SSSR count). The SMILES string of the molecule is Cc1noc(-c2cncn(CCC(=O)NCc3ccc4c(c3)OCO4)c2=O)n1.